The molecule has 0 saturated heterocycles. The van der Waals surface area contributed by atoms with Crippen molar-refractivity contribution in [1.29, 1.82) is 0 Å². The first-order valence-electron chi connectivity index (χ1n) is 6.80. The van der Waals surface area contributed by atoms with Gasteiger partial charge in [0.2, 0.25) is 5.91 Å². The standard InChI is InChI=1S/C15H15N3O2S/c1-2-11(15-16-5-6-21-15)18-14(20)10-4-3-9-8-13(19)17-12(9)7-10/h3-7,11H,2,8H2,1H3,(H,17,19)(H,18,20). The van der Waals surface area contributed by atoms with Gasteiger partial charge in [-0.15, -0.1) is 11.3 Å². The van der Waals surface area contributed by atoms with E-state index in [-0.39, 0.29) is 17.9 Å². The Morgan fingerprint density at radius 2 is 2.38 bits per heavy atom. The fourth-order valence-corrected chi connectivity index (χ4v) is 3.11. The molecule has 2 amide bonds. The molecule has 0 spiro atoms. The molecule has 1 aliphatic rings. The molecule has 21 heavy (non-hydrogen) atoms. The molecule has 0 aliphatic carbocycles. The number of aromatic nitrogens is 1. The molecule has 1 aliphatic heterocycles. The first-order chi connectivity index (χ1) is 10.2. The monoisotopic (exact) mass is 301 g/mol. The van der Waals surface area contributed by atoms with E-state index in [9.17, 15) is 9.59 Å². The van der Waals surface area contributed by atoms with Crippen LogP contribution in [0.4, 0.5) is 5.69 Å². The summed E-state index contributed by atoms with van der Waals surface area (Å²) in [6.45, 7) is 2.01. The number of carbonyl (C=O) groups excluding carboxylic acids is 2. The molecule has 2 aromatic rings. The predicted octanol–water partition coefficient (Wildman–Crippen LogP) is 2.52. The maximum Gasteiger partial charge on any atom is 0.251 e. The number of anilines is 1. The number of fused-ring (bicyclic) bond motifs is 1. The summed E-state index contributed by atoms with van der Waals surface area (Å²) in [6.07, 6.45) is 2.90. The van der Waals surface area contributed by atoms with Gasteiger partial charge in [-0.3, -0.25) is 9.59 Å². The normalized spacial score (nSPS) is 14.4. The molecule has 1 aromatic heterocycles. The Labute approximate surface area is 126 Å². The summed E-state index contributed by atoms with van der Waals surface area (Å²) in [5.74, 6) is -0.183. The summed E-state index contributed by atoms with van der Waals surface area (Å²) in [4.78, 5) is 27.9. The molecule has 1 atom stereocenters. The smallest absolute Gasteiger partial charge is 0.251 e. The Bertz CT molecular complexity index is 682. The predicted molar refractivity (Wildman–Crippen MR) is 81.4 cm³/mol. The minimum atomic E-state index is -0.152. The largest absolute Gasteiger partial charge is 0.343 e. The highest BCUT2D eigenvalue weighted by atomic mass is 32.1. The number of nitrogens with one attached hydrogen (secondary N) is 2. The van der Waals surface area contributed by atoms with Crippen molar-refractivity contribution >= 4 is 28.8 Å². The van der Waals surface area contributed by atoms with E-state index >= 15 is 0 Å². The van der Waals surface area contributed by atoms with E-state index in [2.05, 4.69) is 15.6 Å². The minimum absolute atomic E-state index is 0.0308. The zero-order valence-electron chi connectivity index (χ0n) is 11.6. The Morgan fingerprint density at radius 1 is 1.52 bits per heavy atom. The lowest BCUT2D eigenvalue weighted by molar-refractivity contribution is -0.115. The summed E-state index contributed by atoms with van der Waals surface area (Å²) in [5.41, 5.74) is 2.21. The number of nitrogens with zero attached hydrogens (tertiary/aromatic N) is 1. The Morgan fingerprint density at radius 3 is 3.10 bits per heavy atom. The van der Waals surface area contributed by atoms with Crippen LogP contribution >= 0.6 is 11.3 Å². The third kappa shape index (κ3) is 2.80. The lowest BCUT2D eigenvalue weighted by atomic mass is 10.1. The zero-order chi connectivity index (χ0) is 14.8. The third-order valence-corrected chi connectivity index (χ3v) is 4.35. The van der Waals surface area contributed by atoms with Gasteiger partial charge in [-0.25, -0.2) is 4.98 Å². The molecule has 1 unspecified atom stereocenters. The van der Waals surface area contributed by atoms with Crippen molar-refractivity contribution in [3.63, 3.8) is 0 Å². The van der Waals surface area contributed by atoms with Gasteiger partial charge >= 0.3 is 0 Å². The van der Waals surface area contributed by atoms with Crippen LogP contribution in [0, 0.1) is 0 Å². The molecule has 5 nitrogen and oxygen atoms in total. The molecule has 6 heteroatoms. The van der Waals surface area contributed by atoms with Crippen molar-refractivity contribution in [2.45, 2.75) is 25.8 Å². The van der Waals surface area contributed by atoms with Crippen LogP contribution in [0.25, 0.3) is 0 Å². The van der Waals surface area contributed by atoms with E-state index in [0.717, 1.165) is 22.7 Å². The zero-order valence-corrected chi connectivity index (χ0v) is 12.4. The fraction of sp³-hybridized carbons (Fsp3) is 0.267. The van der Waals surface area contributed by atoms with Crippen molar-refractivity contribution in [2.24, 2.45) is 0 Å². The quantitative estimate of drug-likeness (QED) is 0.911. The van der Waals surface area contributed by atoms with Crippen molar-refractivity contribution in [3.05, 3.63) is 45.9 Å². The second-order valence-electron chi connectivity index (χ2n) is 4.90. The van der Waals surface area contributed by atoms with Crippen molar-refractivity contribution in [3.8, 4) is 0 Å². The maximum atomic E-state index is 12.3. The highest BCUT2D eigenvalue weighted by Crippen LogP contribution is 2.25. The molecule has 0 fully saturated rings. The number of rotatable bonds is 4. The number of benzene rings is 1. The van der Waals surface area contributed by atoms with Crippen LogP contribution in [0.2, 0.25) is 0 Å². The molecule has 0 radical (unpaired) electrons. The number of amides is 2. The molecule has 3 rings (SSSR count). The van der Waals surface area contributed by atoms with Crippen LogP contribution in [-0.2, 0) is 11.2 Å². The first kappa shape index (κ1) is 13.8. The number of hydrogen-bond acceptors (Lipinski definition) is 4. The molecular weight excluding hydrogens is 286 g/mol. The summed E-state index contributed by atoms with van der Waals surface area (Å²) in [5, 5.41) is 8.54. The third-order valence-electron chi connectivity index (χ3n) is 3.46. The van der Waals surface area contributed by atoms with Crippen LogP contribution < -0.4 is 10.6 Å². The van der Waals surface area contributed by atoms with Gasteiger partial charge in [0, 0.05) is 22.8 Å². The summed E-state index contributed by atoms with van der Waals surface area (Å²) in [7, 11) is 0. The van der Waals surface area contributed by atoms with Crippen LogP contribution in [0.3, 0.4) is 0 Å². The second-order valence-corrected chi connectivity index (χ2v) is 5.83. The summed E-state index contributed by atoms with van der Waals surface area (Å²) >= 11 is 1.53. The lowest BCUT2D eigenvalue weighted by Crippen LogP contribution is -2.28. The van der Waals surface area contributed by atoms with Crippen molar-refractivity contribution < 1.29 is 9.59 Å². The van der Waals surface area contributed by atoms with Crippen molar-refractivity contribution in [1.82, 2.24) is 10.3 Å². The first-order valence-corrected chi connectivity index (χ1v) is 7.68. The molecule has 1 aromatic carbocycles. The van der Waals surface area contributed by atoms with E-state index in [1.54, 1.807) is 18.3 Å². The number of hydrogen-bond donors (Lipinski definition) is 2. The van der Waals surface area contributed by atoms with E-state index in [1.807, 2.05) is 18.4 Å². The van der Waals surface area contributed by atoms with Crippen LogP contribution in [0.15, 0.2) is 29.8 Å². The van der Waals surface area contributed by atoms with Crippen LogP contribution in [0.1, 0.15) is 40.3 Å². The molecule has 2 N–H and O–H groups in total. The van der Waals surface area contributed by atoms with E-state index < -0.39 is 0 Å². The SMILES string of the molecule is CCC(NC(=O)c1ccc2c(c1)NC(=O)C2)c1nccs1. The molecule has 2 heterocycles. The van der Waals surface area contributed by atoms with Gasteiger partial charge in [-0.2, -0.15) is 0 Å². The molecule has 0 saturated carbocycles. The molecular formula is C15H15N3O2S. The maximum absolute atomic E-state index is 12.3. The van der Waals surface area contributed by atoms with Crippen molar-refractivity contribution in [2.75, 3.05) is 5.32 Å². The highest BCUT2D eigenvalue weighted by Gasteiger charge is 2.21. The van der Waals surface area contributed by atoms with E-state index in [4.69, 9.17) is 0 Å². The summed E-state index contributed by atoms with van der Waals surface area (Å²) < 4.78 is 0. The van der Waals surface area contributed by atoms with Crippen LogP contribution in [0.5, 0.6) is 0 Å². The van der Waals surface area contributed by atoms with Crippen LogP contribution in [-0.4, -0.2) is 16.8 Å². The van der Waals surface area contributed by atoms with Gasteiger partial charge < -0.3 is 10.6 Å². The van der Waals surface area contributed by atoms with E-state index in [1.165, 1.54) is 11.3 Å². The van der Waals surface area contributed by atoms with Gasteiger partial charge in [0.05, 0.1) is 12.5 Å². The Hall–Kier alpha value is -2.21. The van der Waals surface area contributed by atoms with Gasteiger partial charge in [0.15, 0.2) is 0 Å². The average Bonchev–Trinajstić information content (AvgIpc) is 3.11. The second kappa shape index (κ2) is 5.65. The van der Waals surface area contributed by atoms with Gasteiger partial charge in [-0.1, -0.05) is 13.0 Å². The molecule has 108 valence electrons. The lowest BCUT2D eigenvalue weighted by Gasteiger charge is -2.14. The Kier molecular flexibility index (Phi) is 3.70. The topological polar surface area (TPSA) is 71.1 Å². The number of thiazole rings is 1. The van der Waals surface area contributed by atoms with Gasteiger partial charge in [0.1, 0.15) is 5.01 Å². The highest BCUT2D eigenvalue weighted by molar-refractivity contribution is 7.09. The molecule has 0 bridgehead atoms. The fourth-order valence-electron chi connectivity index (χ4n) is 2.34. The Balaban J connectivity index is 1.77. The minimum Gasteiger partial charge on any atom is -0.343 e. The number of carbonyl (C=O) groups is 2. The van der Waals surface area contributed by atoms with Gasteiger partial charge in [-0.05, 0) is 24.1 Å². The summed E-state index contributed by atoms with van der Waals surface area (Å²) in [6, 6.07) is 5.22. The van der Waals surface area contributed by atoms with E-state index in [0.29, 0.717) is 12.0 Å². The van der Waals surface area contributed by atoms with Gasteiger partial charge in [0.25, 0.3) is 5.91 Å². The average molecular weight is 301 g/mol.